The fourth-order valence-corrected chi connectivity index (χ4v) is 2.11. The standard InChI is InChI=1S/C14H13BrN2O2/c1-9-4-3-5-11(6-9)13(18)8-17-10(2)16-7-12(15)14(17)19/h3-7H,8H2,1-2H3. The van der Waals surface area contributed by atoms with E-state index in [1.165, 1.54) is 10.8 Å². The highest BCUT2D eigenvalue weighted by molar-refractivity contribution is 9.10. The predicted molar refractivity (Wildman–Crippen MR) is 76.4 cm³/mol. The van der Waals surface area contributed by atoms with Crippen molar-refractivity contribution in [1.29, 1.82) is 0 Å². The Labute approximate surface area is 119 Å². The highest BCUT2D eigenvalue weighted by Gasteiger charge is 2.11. The molecule has 1 aromatic heterocycles. The van der Waals surface area contributed by atoms with Crippen LogP contribution in [0.15, 0.2) is 39.7 Å². The fraction of sp³-hybridized carbons (Fsp3) is 0.214. The van der Waals surface area contributed by atoms with Gasteiger partial charge in [-0.15, -0.1) is 0 Å². The molecule has 2 aromatic rings. The van der Waals surface area contributed by atoms with Crippen molar-refractivity contribution in [1.82, 2.24) is 9.55 Å². The lowest BCUT2D eigenvalue weighted by Crippen LogP contribution is -2.27. The van der Waals surface area contributed by atoms with Crippen molar-refractivity contribution >= 4 is 21.7 Å². The summed E-state index contributed by atoms with van der Waals surface area (Å²) in [6, 6.07) is 7.32. The van der Waals surface area contributed by atoms with Crippen LogP contribution in [0, 0.1) is 13.8 Å². The maximum absolute atomic E-state index is 12.2. The van der Waals surface area contributed by atoms with Gasteiger partial charge in [0.25, 0.3) is 5.56 Å². The molecule has 4 nitrogen and oxygen atoms in total. The first-order valence-electron chi connectivity index (χ1n) is 5.81. The first kappa shape index (κ1) is 13.7. The summed E-state index contributed by atoms with van der Waals surface area (Å²) in [7, 11) is 0. The highest BCUT2D eigenvalue weighted by Crippen LogP contribution is 2.07. The molecule has 1 heterocycles. The first-order valence-corrected chi connectivity index (χ1v) is 6.60. The van der Waals surface area contributed by atoms with E-state index in [0.29, 0.717) is 15.9 Å². The number of carbonyl (C=O) groups excluding carboxylic acids is 1. The summed E-state index contributed by atoms with van der Waals surface area (Å²) in [6.07, 6.45) is 1.45. The molecule has 0 saturated carbocycles. The molecule has 0 aliphatic carbocycles. The maximum Gasteiger partial charge on any atom is 0.268 e. The van der Waals surface area contributed by atoms with Crippen LogP contribution in [-0.4, -0.2) is 15.3 Å². The lowest BCUT2D eigenvalue weighted by molar-refractivity contribution is 0.0969. The molecule has 0 fully saturated rings. The lowest BCUT2D eigenvalue weighted by atomic mass is 10.1. The Balaban J connectivity index is 2.35. The summed E-state index contributed by atoms with van der Waals surface area (Å²) < 4.78 is 1.73. The van der Waals surface area contributed by atoms with Crippen molar-refractivity contribution in [3.63, 3.8) is 0 Å². The van der Waals surface area contributed by atoms with Crippen molar-refractivity contribution in [3.8, 4) is 0 Å². The predicted octanol–water partition coefficient (Wildman–Crippen LogP) is 2.51. The number of nitrogens with zero attached hydrogens (tertiary/aromatic N) is 2. The number of benzene rings is 1. The number of hydrogen-bond acceptors (Lipinski definition) is 3. The number of Topliss-reactive ketones (excluding diaryl/α,β-unsaturated/α-hetero) is 1. The Bertz CT molecular complexity index is 692. The Hall–Kier alpha value is -1.75. The minimum Gasteiger partial charge on any atom is -0.292 e. The number of ketones is 1. The van der Waals surface area contributed by atoms with Crippen LogP contribution in [0.25, 0.3) is 0 Å². The molecular weight excluding hydrogens is 308 g/mol. The van der Waals surface area contributed by atoms with E-state index in [-0.39, 0.29) is 17.9 Å². The largest absolute Gasteiger partial charge is 0.292 e. The quantitative estimate of drug-likeness (QED) is 0.816. The molecule has 0 amide bonds. The van der Waals surface area contributed by atoms with E-state index in [0.717, 1.165) is 5.56 Å². The third kappa shape index (κ3) is 2.98. The third-order valence-corrected chi connectivity index (χ3v) is 3.39. The zero-order chi connectivity index (χ0) is 14.0. The van der Waals surface area contributed by atoms with Crippen LogP contribution in [0.4, 0.5) is 0 Å². The van der Waals surface area contributed by atoms with Crippen LogP contribution in [0.1, 0.15) is 21.7 Å². The number of halogens is 1. The van der Waals surface area contributed by atoms with Crippen molar-refractivity contribution in [2.75, 3.05) is 0 Å². The molecule has 0 bridgehead atoms. The van der Waals surface area contributed by atoms with Crippen molar-refractivity contribution in [2.24, 2.45) is 0 Å². The zero-order valence-electron chi connectivity index (χ0n) is 10.7. The average molecular weight is 321 g/mol. The van der Waals surface area contributed by atoms with E-state index < -0.39 is 0 Å². The summed E-state index contributed by atoms with van der Waals surface area (Å²) >= 11 is 3.13. The molecule has 5 heteroatoms. The van der Waals surface area contributed by atoms with Gasteiger partial charge in [0.05, 0.1) is 6.54 Å². The van der Waals surface area contributed by atoms with Crippen LogP contribution in [0.3, 0.4) is 0 Å². The van der Waals surface area contributed by atoms with Gasteiger partial charge in [-0.3, -0.25) is 14.2 Å². The van der Waals surface area contributed by atoms with Crippen LogP contribution >= 0.6 is 15.9 Å². The van der Waals surface area contributed by atoms with Gasteiger partial charge in [-0.25, -0.2) is 4.98 Å². The van der Waals surface area contributed by atoms with E-state index in [4.69, 9.17) is 0 Å². The molecule has 0 atom stereocenters. The Morgan fingerprint density at radius 1 is 1.37 bits per heavy atom. The SMILES string of the molecule is Cc1cccc(C(=O)Cn2c(C)ncc(Br)c2=O)c1. The van der Waals surface area contributed by atoms with Gasteiger partial charge in [0.1, 0.15) is 10.3 Å². The lowest BCUT2D eigenvalue weighted by Gasteiger charge is -2.09. The molecule has 2 rings (SSSR count). The van der Waals surface area contributed by atoms with Crippen molar-refractivity contribution in [2.45, 2.75) is 20.4 Å². The van der Waals surface area contributed by atoms with Gasteiger partial charge in [0, 0.05) is 11.8 Å². The van der Waals surface area contributed by atoms with E-state index in [2.05, 4.69) is 20.9 Å². The summed E-state index contributed by atoms with van der Waals surface area (Å²) in [5.41, 5.74) is 1.38. The molecule has 0 aliphatic rings. The van der Waals surface area contributed by atoms with Gasteiger partial charge in [0.15, 0.2) is 5.78 Å². The van der Waals surface area contributed by atoms with Gasteiger partial charge in [-0.1, -0.05) is 23.8 Å². The maximum atomic E-state index is 12.2. The fourth-order valence-electron chi connectivity index (χ4n) is 1.79. The Kier molecular flexibility index (Phi) is 3.95. The number of rotatable bonds is 3. The number of aryl methyl sites for hydroxylation is 2. The zero-order valence-corrected chi connectivity index (χ0v) is 12.3. The van der Waals surface area contributed by atoms with Crippen LogP contribution in [-0.2, 0) is 6.54 Å². The summed E-state index contributed by atoms with van der Waals surface area (Å²) in [6.45, 7) is 3.63. The van der Waals surface area contributed by atoms with Gasteiger partial charge in [-0.2, -0.15) is 0 Å². The van der Waals surface area contributed by atoms with E-state index in [1.54, 1.807) is 13.0 Å². The molecule has 0 spiro atoms. The molecule has 98 valence electrons. The normalized spacial score (nSPS) is 10.5. The van der Waals surface area contributed by atoms with Crippen LogP contribution in [0.5, 0.6) is 0 Å². The topological polar surface area (TPSA) is 52.0 Å². The Morgan fingerprint density at radius 3 is 2.79 bits per heavy atom. The molecule has 0 unspecified atom stereocenters. The molecule has 1 aromatic carbocycles. The second-order valence-electron chi connectivity index (χ2n) is 4.34. The van der Waals surface area contributed by atoms with Gasteiger partial charge in [-0.05, 0) is 35.8 Å². The molecule has 0 radical (unpaired) electrons. The minimum absolute atomic E-state index is 0.000556. The third-order valence-electron chi connectivity index (χ3n) is 2.85. The average Bonchev–Trinajstić information content (AvgIpc) is 2.39. The monoisotopic (exact) mass is 320 g/mol. The molecule has 0 aliphatic heterocycles. The smallest absolute Gasteiger partial charge is 0.268 e. The second-order valence-corrected chi connectivity index (χ2v) is 5.19. The summed E-state index contributed by atoms with van der Waals surface area (Å²) in [4.78, 5) is 28.2. The number of aromatic nitrogens is 2. The number of hydrogen-bond donors (Lipinski definition) is 0. The molecule has 0 N–H and O–H groups in total. The van der Waals surface area contributed by atoms with Crippen LogP contribution in [0.2, 0.25) is 0 Å². The molecular formula is C14H13BrN2O2. The van der Waals surface area contributed by atoms with Gasteiger partial charge >= 0.3 is 0 Å². The molecule has 19 heavy (non-hydrogen) atoms. The highest BCUT2D eigenvalue weighted by atomic mass is 79.9. The van der Waals surface area contributed by atoms with Crippen molar-refractivity contribution in [3.05, 3.63) is 62.2 Å². The summed E-state index contributed by atoms with van der Waals surface area (Å²) in [5, 5.41) is 0. The second kappa shape index (κ2) is 5.48. The summed E-state index contributed by atoms with van der Waals surface area (Å²) in [5.74, 6) is 0.419. The van der Waals surface area contributed by atoms with E-state index in [1.807, 2.05) is 25.1 Å². The van der Waals surface area contributed by atoms with Crippen LogP contribution < -0.4 is 5.56 Å². The minimum atomic E-state index is -0.242. The van der Waals surface area contributed by atoms with Crippen molar-refractivity contribution < 1.29 is 4.79 Å². The number of carbonyl (C=O) groups is 1. The van der Waals surface area contributed by atoms with E-state index in [9.17, 15) is 9.59 Å². The molecule has 0 saturated heterocycles. The first-order chi connectivity index (χ1) is 8.99. The van der Waals surface area contributed by atoms with Gasteiger partial charge in [0.2, 0.25) is 0 Å². The Morgan fingerprint density at radius 2 is 2.11 bits per heavy atom. The van der Waals surface area contributed by atoms with E-state index >= 15 is 0 Å². The van der Waals surface area contributed by atoms with Gasteiger partial charge < -0.3 is 0 Å².